The van der Waals surface area contributed by atoms with Gasteiger partial charge in [0.25, 0.3) is 0 Å². The molecule has 1 saturated carbocycles. The molecule has 3 aromatic carbocycles. The molecule has 0 saturated heterocycles. The van der Waals surface area contributed by atoms with Gasteiger partial charge in [0.15, 0.2) is 17.5 Å². The van der Waals surface area contributed by atoms with E-state index in [1.807, 2.05) is 0 Å². The van der Waals surface area contributed by atoms with Gasteiger partial charge in [0.05, 0.1) is 5.56 Å². The topological polar surface area (TPSA) is 26.3 Å². The van der Waals surface area contributed by atoms with Gasteiger partial charge in [0, 0.05) is 16.9 Å². The van der Waals surface area contributed by atoms with Gasteiger partial charge in [-0.05, 0) is 79.5 Å². The van der Waals surface area contributed by atoms with Crippen molar-refractivity contribution in [1.29, 1.82) is 0 Å². The number of hydrogen-bond acceptors (Lipinski definition) is 2. The Balaban J connectivity index is 1.47. The molecule has 0 aromatic heterocycles. The second-order valence-corrected chi connectivity index (χ2v) is 8.35. The number of halogens is 4. The van der Waals surface area contributed by atoms with Gasteiger partial charge in [-0.15, -0.1) is 0 Å². The maximum atomic E-state index is 14.6. The fraction of sp³-hybridized carbons (Fsp3) is 0.296. The molecular formula is C27H22F4O2. The Morgan fingerprint density at radius 2 is 1.70 bits per heavy atom. The van der Waals surface area contributed by atoms with Crippen molar-refractivity contribution in [2.45, 2.75) is 39.0 Å². The van der Waals surface area contributed by atoms with Crippen molar-refractivity contribution in [2.75, 3.05) is 0 Å². The number of rotatable bonds is 3. The van der Waals surface area contributed by atoms with Crippen LogP contribution in [-0.4, -0.2) is 5.97 Å². The Morgan fingerprint density at radius 1 is 0.939 bits per heavy atom. The molecule has 33 heavy (non-hydrogen) atoms. The molecule has 0 radical (unpaired) electrons. The Kier molecular flexibility index (Phi) is 6.69. The summed E-state index contributed by atoms with van der Waals surface area (Å²) in [6.07, 6.45) is 5.61. The SMILES string of the molecule is CCC1CCC(C#Cc2ccc(C(=O)Oc3ccc4c(F)c(F)c(F)cc4c3)c(F)c2)CC1. The van der Waals surface area contributed by atoms with Gasteiger partial charge in [0.1, 0.15) is 11.6 Å². The van der Waals surface area contributed by atoms with E-state index in [9.17, 15) is 22.4 Å². The second-order valence-electron chi connectivity index (χ2n) is 8.35. The maximum Gasteiger partial charge on any atom is 0.346 e. The number of carbonyl (C=O) groups excluding carboxylic acids is 1. The number of esters is 1. The van der Waals surface area contributed by atoms with Gasteiger partial charge in [-0.1, -0.05) is 25.2 Å². The number of hydrogen-bond donors (Lipinski definition) is 0. The molecule has 1 aliphatic carbocycles. The van der Waals surface area contributed by atoms with Crippen LogP contribution in [0.15, 0.2) is 42.5 Å². The van der Waals surface area contributed by atoms with Gasteiger partial charge in [-0.25, -0.2) is 22.4 Å². The number of carbonyl (C=O) groups is 1. The zero-order valence-corrected chi connectivity index (χ0v) is 18.1. The lowest BCUT2D eigenvalue weighted by Crippen LogP contribution is -2.12. The molecule has 6 heteroatoms. The van der Waals surface area contributed by atoms with E-state index in [2.05, 4.69) is 18.8 Å². The number of ether oxygens (including phenoxy) is 1. The smallest absolute Gasteiger partial charge is 0.346 e. The zero-order chi connectivity index (χ0) is 23.5. The summed E-state index contributed by atoms with van der Waals surface area (Å²) in [5.41, 5.74) is 0.181. The van der Waals surface area contributed by atoms with Crippen LogP contribution in [0.3, 0.4) is 0 Å². The van der Waals surface area contributed by atoms with Crippen molar-refractivity contribution in [1.82, 2.24) is 0 Å². The predicted molar refractivity (Wildman–Crippen MR) is 118 cm³/mol. The highest BCUT2D eigenvalue weighted by molar-refractivity contribution is 5.92. The largest absolute Gasteiger partial charge is 0.423 e. The molecule has 0 N–H and O–H groups in total. The standard InChI is InChI=1S/C27H22F4O2/c1-2-16-3-5-17(6-4-16)7-8-18-9-11-22(23(28)13-18)27(32)33-20-10-12-21-19(14-20)15-24(29)26(31)25(21)30/h9-17H,2-6H2,1H3. The highest BCUT2D eigenvalue weighted by Gasteiger charge is 2.19. The van der Waals surface area contributed by atoms with Crippen molar-refractivity contribution in [3.63, 3.8) is 0 Å². The van der Waals surface area contributed by atoms with E-state index in [0.717, 1.165) is 37.7 Å². The molecule has 0 bridgehead atoms. The van der Waals surface area contributed by atoms with E-state index in [-0.39, 0.29) is 22.1 Å². The fourth-order valence-electron chi connectivity index (χ4n) is 4.17. The molecule has 3 aromatic rings. The lowest BCUT2D eigenvalue weighted by atomic mass is 9.81. The van der Waals surface area contributed by atoms with Crippen LogP contribution < -0.4 is 4.74 Å². The third-order valence-electron chi connectivity index (χ3n) is 6.19. The van der Waals surface area contributed by atoms with Crippen LogP contribution in [0.4, 0.5) is 17.6 Å². The molecular weight excluding hydrogens is 432 g/mol. The Labute approximate surface area is 189 Å². The average molecular weight is 454 g/mol. The Hall–Kier alpha value is -3.33. The molecule has 1 aliphatic rings. The molecule has 0 heterocycles. The summed E-state index contributed by atoms with van der Waals surface area (Å²) < 4.78 is 60.4. The summed E-state index contributed by atoms with van der Waals surface area (Å²) in [6.45, 7) is 2.20. The molecule has 0 spiro atoms. The van der Waals surface area contributed by atoms with Gasteiger partial charge >= 0.3 is 5.97 Å². The van der Waals surface area contributed by atoms with Gasteiger partial charge in [-0.3, -0.25) is 0 Å². The van der Waals surface area contributed by atoms with Crippen LogP contribution in [0.25, 0.3) is 10.8 Å². The highest BCUT2D eigenvalue weighted by Crippen LogP contribution is 2.30. The first-order valence-electron chi connectivity index (χ1n) is 11.0. The monoisotopic (exact) mass is 454 g/mol. The summed E-state index contributed by atoms with van der Waals surface area (Å²) in [5, 5.41) is -0.151. The molecule has 4 rings (SSSR count). The van der Waals surface area contributed by atoms with Crippen molar-refractivity contribution < 1.29 is 27.1 Å². The van der Waals surface area contributed by atoms with Gasteiger partial charge in [-0.2, -0.15) is 0 Å². The average Bonchev–Trinajstić information content (AvgIpc) is 2.81. The van der Waals surface area contributed by atoms with Crippen molar-refractivity contribution in [3.05, 3.63) is 76.9 Å². The minimum Gasteiger partial charge on any atom is -0.423 e. The molecule has 170 valence electrons. The highest BCUT2D eigenvalue weighted by atomic mass is 19.2. The third kappa shape index (κ3) is 5.03. The molecule has 0 aliphatic heterocycles. The fourth-order valence-corrected chi connectivity index (χ4v) is 4.17. The zero-order valence-electron chi connectivity index (χ0n) is 18.1. The summed E-state index contributed by atoms with van der Waals surface area (Å²) in [4.78, 5) is 12.4. The summed E-state index contributed by atoms with van der Waals surface area (Å²) in [7, 11) is 0. The first-order valence-corrected chi connectivity index (χ1v) is 11.0. The normalized spacial score (nSPS) is 18.0. The molecule has 0 atom stereocenters. The maximum absolute atomic E-state index is 14.6. The molecule has 2 nitrogen and oxygen atoms in total. The van der Waals surface area contributed by atoms with Crippen LogP contribution in [-0.2, 0) is 0 Å². The van der Waals surface area contributed by atoms with Gasteiger partial charge < -0.3 is 4.74 Å². The van der Waals surface area contributed by atoms with E-state index in [1.165, 1.54) is 36.8 Å². The lowest BCUT2D eigenvalue weighted by Gasteiger charge is -2.24. The molecule has 0 amide bonds. The van der Waals surface area contributed by atoms with Crippen LogP contribution in [0.5, 0.6) is 5.75 Å². The summed E-state index contributed by atoms with van der Waals surface area (Å²) >= 11 is 0. The molecule has 0 unspecified atom stereocenters. The quantitative estimate of drug-likeness (QED) is 0.138. The van der Waals surface area contributed by atoms with Crippen molar-refractivity contribution >= 4 is 16.7 Å². The minimum absolute atomic E-state index is 0.00997. The minimum atomic E-state index is -1.58. The van der Waals surface area contributed by atoms with E-state index >= 15 is 0 Å². The summed E-state index contributed by atoms with van der Waals surface area (Å²) in [5.74, 6) is 1.22. The van der Waals surface area contributed by atoms with Crippen molar-refractivity contribution in [2.24, 2.45) is 11.8 Å². The van der Waals surface area contributed by atoms with Gasteiger partial charge in [0.2, 0.25) is 0 Å². The van der Waals surface area contributed by atoms with E-state index in [1.54, 1.807) is 6.07 Å². The van der Waals surface area contributed by atoms with Crippen LogP contribution in [0.2, 0.25) is 0 Å². The summed E-state index contributed by atoms with van der Waals surface area (Å²) in [6, 6.07) is 8.42. The number of benzene rings is 3. The van der Waals surface area contributed by atoms with Crippen LogP contribution in [0, 0.1) is 46.9 Å². The first-order chi connectivity index (χ1) is 15.9. The predicted octanol–water partition coefficient (Wildman–Crippen LogP) is 7.18. The van der Waals surface area contributed by atoms with Crippen LogP contribution >= 0.6 is 0 Å². The third-order valence-corrected chi connectivity index (χ3v) is 6.19. The number of fused-ring (bicyclic) bond motifs is 1. The van der Waals surface area contributed by atoms with E-state index < -0.39 is 29.2 Å². The lowest BCUT2D eigenvalue weighted by molar-refractivity contribution is 0.0730. The Morgan fingerprint density at radius 3 is 2.39 bits per heavy atom. The van der Waals surface area contributed by atoms with Crippen LogP contribution in [0.1, 0.15) is 54.9 Å². The first kappa shape index (κ1) is 22.8. The second kappa shape index (κ2) is 9.66. The Bertz CT molecular complexity index is 1260. The molecule has 1 fully saturated rings. The van der Waals surface area contributed by atoms with E-state index in [4.69, 9.17) is 4.74 Å². The van der Waals surface area contributed by atoms with E-state index in [0.29, 0.717) is 11.5 Å². The van der Waals surface area contributed by atoms with Crippen molar-refractivity contribution in [3.8, 4) is 17.6 Å².